The maximum absolute atomic E-state index is 5.81. The highest BCUT2D eigenvalue weighted by molar-refractivity contribution is 4.89. The van der Waals surface area contributed by atoms with Crippen LogP contribution in [0, 0.1) is 11.8 Å². The smallest absolute Gasteiger partial charge is 0.164 e. The second kappa shape index (κ2) is 8.78. The molecule has 2 rings (SSSR count). The van der Waals surface area contributed by atoms with Gasteiger partial charge in [-0.05, 0) is 19.3 Å². The van der Waals surface area contributed by atoms with Gasteiger partial charge in [0, 0.05) is 5.92 Å². The number of ether oxygens (including phenoxy) is 4. The Labute approximate surface area is 122 Å². The van der Waals surface area contributed by atoms with Gasteiger partial charge in [0.1, 0.15) is 0 Å². The van der Waals surface area contributed by atoms with Crippen molar-refractivity contribution in [2.75, 3.05) is 26.4 Å². The molecular formula is C16H28O4. The maximum atomic E-state index is 5.81. The van der Waals surface area contributed by atoms with Gasteiger partial charge in [-0.25, -0.2) is 0 Å². The summed E-state index contributed by atoms with van der Waals surface area (Å²) in [6.45, 7) is 7.13. The molecule has 2 aliphatic heterocycles. The first-order valence-corrected chi connectivity index (χ1v) is 7.96. The summed E-state index contributed by atoms with van der Waals surface area (Å²) in [6.07, 6.45) is 8.52. The van der Waals surface area contributed by atoms with Crippen LogP contribution in [0.25, 0.3) is 0 Å². The third-order valence-corrected chi connectivity index (χ3v) is 3.76. The normalized spacial score (nSPS) is 35.5. The van der Waals surface area contributed by atoms with Crippen LogP contribution in [-0.2, 0) is 18.9 Å². The van der Waals surface area contributed by atoms with Crippen molar-refractivity contribution in [1.82, 2.24) is 0 Å². The Balaban J connectivity index is 1.66. The minimum absolute atomic E-state index is 0.0324. The van der Waals surface area contributed by atoms with Crippen LogP contribution in [0.1, 0.15) is 39.5 Å². The van der Waals surface area contributed by atoms with Gasteiger partial charge in [-0.3, -0.25) is 0 Å². The number of hydrogen-bond donors (Lipinski definition) is 0. The molecule has 0 aliphatic carbocycles. The van der Waals surface area contributed by atoms with E-state index in [1.165, 1.54) is 6.42 Å². The van der Waals surface area contributed by atoms with Crippen LogP contribution in [0.4, 0.5) is 0 Å². The zero-order chi connectivity index (χ0) is 14.2. The molecule has 2 saturated heterocycles. The number of hydrogen-bond acceptors (Lipinski definition) is 4. The zero-order valence-corrected chi connectivity index (χ0v) is 12.8. The van der Waals surface area contributed by atoms with E-state index in [0.29, 0.717) is 19.1 Å². The molecular weight excluding hydrogens is 256 g/mol. The van der Waals surface area contributed by atoms with Gasteiger partial charge < -0.3 is 18.9 Å². The quantitative estimate of drug-likeness (QED) is 0.702. The third kappa shape index (κ3) is 4.85. The van der Waals surface area contributed by atoms with E-state index in [4.69, 9.17) is 18.9 Å². The predicted molar refractivity (Wildman–Crippen MR) is 77.3 cm³/mol. The standard InChI is InChI=1S/C16H28O4/c1-3-5-7-13-9-19-16(20-10-13)14-11-17-15(18-12-14)8-6-4-2/h5,7,13-16H,3-4,6,8-12H2,1-2H3. The summed E-state index contributed by atoms with van der Waals surface area (Å²) >= 11 is 0. The van der Waals surface area contributed by atoms with E-state index in [9.17, 15) is 0 Å². The highest BCUT2D eigenvalue weighted by atomic mass is 16.7. The summed E-state index contributed by atoms with van der Waals surface area (Å²) in [4.78, 5) is 0. The molecule has 0 aromatic carbocycles. The number of unbranched alkanes of at least 4 members (excludes halogenated alkanes) is 1. The van der Waals surface area contributed by atoms with Crippen LogP contribution in [-0.4, -0.2) is 39.0 Å². The minimum Gasteiger partial charge on any atom is -0.352 e. The first-order chi connectivity index (χ1) is 9.83. The molecule has 0 amide bonds. The minimum atomic E-state index is -0.173. The number of allylic oxidation sites excluding steroid dienone is 1. The molecule has 0 radical (unpaired) electrons. The van der Waals surface area contributed by atoms with Crippen LogP contribution in [0.15, 0.2) is 12.2 Å². The summed E-state index contributed by atoms with van der Waals surface area (Å²) in [5, 5.41) is 0. The molecule has 0 unspecified atom stereocenters. The summed E-state index contributed by atoms with van der Waals surface area (Å²) in [5.41, 5.74) is 0. The summed E-state index contributed by atoms with van der Waals surface area (Å²) in [7, 11) is 0. The average molecular weight is 284 g/mol. The Morgan fingerprint density at radius 2 is 1.65 bits per heavy atom. The van der Waals surface area contributed by atoms with Gasteiger partial charge >= 0.3 is 0 Å². The van der Waals surface area contributed by atoms with Crippen molar-refractivity contribution in [2.45, 2.75) is 52.1 Å². The summed E-state index contributed by atoms with van der Waals surface area (Å²) < 4.78 is 23.1. The molecule has 2 heterocycles. The van der Waals surface area contributed by atoms with Gasteiger partial charge in [-0.15, -0.1) is 0 Å². The van der Waals surface area contributed by atoms with Gasteiger partial charge in [-0.1, -0.05) is 32.4 Å². The molecule has 0 aromatic rings. The highest BCUT2D eigenvalue weighted by Crippen LogP contribution is 2.24. The van der Waals surface area contributed by atoms with Gasteiger partial charge in [0.05, 0.1) is 32.3 Å². The molecule has 4 heteroatoms. The molecule has 2 fully saturated rings. The van der Waals surface area contributed by atoms with Crippen molar-refractivity contribution in [3.63, 3.8) is 0 Å². The van der Waals surface area contributed by atoms with Crippen LogP contribution >= 0.6 is 0 Å². The average Bonchev–Trinajstić information content (AvgIpc) is 2.52. The molecule has 116 valence electrons. The van der Waals surface area contributed by atoms with Crippen molar-refractivity contribution in [2.24, 2.45) is 11.8 Å². The molecule has 0 N–H and O–H groups in total. The second-order valence-corrected chi connectivity index (χ2v) is 5.63. The van der Waals surface area contributed by atoms with Crippen molar-refractivity contribution in [1.29, 1.82) is 0 Å². The predicted octanol–water partition coefficient (Wildman–Crippen LogP) is 3.12. The van der Waals surface area contributed by atoms with Crippen molar-refractivity contribution in [3.8, 4) is 0 Å². The van der Waals surface area contributed by atoms with Crippen molar-refractivity contribution in [3.05, 3.63) is 12.2 Å². The number of rotatable bonds is 6. The SMILES string of the molecule is CCC=CC1COC(C2COC(CCCC)OC2)OC1. The van der Waals surface area contributed by atoms with Crippen LogP contribution < -0.4 is 0 Å². The molecule has 0 atom stereocenters. The lowest BCUT2D eigenvalue weighted by Gasteiger charge is -2.37. The van der Waals surface area contributed by atoms with E-state index >= 15 is 0 Å². The fourth-order valence-electron chi connectivity index (χ4n) is 2.50. The fourth-order valence-corrected chi connectivity index (χ4v) is 2.50. The molecule has 4 nitrogen and oxygen atoms in total. The first-order valence-electron chi connectivity index (χ1n) is 7.96. The molecule has 0 bridgehead atoms. The third-order valence-electron chi connectivity index (χ3n) is 3.76. The van der Waals surface area contributed by atoms with Gasteiger partial charge in [0.2, 0.25) is 0 Å². The Hall–Kier alpha value is -0.420. The van der Waals surface area contributed by atoms with Crippen molar-refractivity contribution >= 4 is 0 Å². The second-order valence-electron chi connectivity index (χ2n) is 5.63. The maximum Gasteiger partial charge on any atom is 0.164 e. The highest BCUT2D eigenvalue weighted by Gasteiger charge is 2.32. The summed E-state index contributed by atoms with van der Waals surface area (Å²) in [6, 6.07) is 0. The van der Waals surface area contributed by atoms with E-state index in [-0.39, 0.29) is 18.5 Å². The molecule has 0 spiro atoms. The lowest BCUT2D eigenvalue weighted by Crippen LogP contribution is -2.44. The van der Waals surface area contributed by atoms with Gasteiger partial charge in [-0.2, -0.15) is 0 Å². The Bertz CT molecular complexity index is 276. The Kier molecular flexibility index (Phi) is 7.00. The van der Waals surface area contributed by atoms with E-state index in [1.807, 2.05) is 0 Å². The van der Waals surface area contributed by atoms with Crippen molar-refractivity contribution < 1.29 is 18.9 Å². The van der Waals surface area contributed by atoms with Gasteiger partial charge in [0.25, 0.3) is 0 Å². The van der Waals surface area contributed by atoms with Crippen LogP contribution in [0.5, 0.6) is 0 Å². The Morgan fingerprint density at radius 3 is 2.25 bits per heavy atom. The molecule has 0 saturated carbocycles. The zero-order valence-electron chi connectivity index (χ0n) is 12.8. The molecule has 2 aliphatic rings. The molecule has 20 heavy (non-hydrogen) atoms. The first kappa shape index (κ1) is 16.0. The lowest BCUT2D eigenvalue weighted by molar-refractivity contribution is -0.278. The Morgan fingerprint density at radius 1 is 0.950 bits per heavy atom. The van der Waals surface area contributed by atoms with E-state index in [0.717, 1.165) is 32.5 Å². The largest absolute Gasteiger partial charge is 0.352 e. The fraction of sp³-hybridized carbons (Fsp3) is 0.875. The monoisotopic (exact) mass is 284 g/mol. The van der Waals surface area contributed by atoms with Gasteiger partial charge in [0.15, 0.2) is 12.6 Å². The lowest BCUT2D eigenvalue weighted by atomic mass is 10.1. The van der Waals surface area contributed by atoms with E-state index in [1.54, 1.807) is 0 Å². The van der Waals surface area contributed by atoms with Crippen LogP contribution in [0.3, 0.4) is 0 Å². The summed E-state index contributed by atoms with van der Waals surface area (Å²) in [5.74, 6) is 0.581. The topological polar surface area (TPSA) is 36.9 Å². The van der Waals surface area contributed by atoms with E-state index in [2.05, 4.69) is 26.0 Å². The van der Waals surface area contributed by atoms with E-state index < -0.39 is 0 Å². The van der Waals surface area contributed by atoms with Crippen LogP contribution in [0.2, 0.25) is 0 Å². The molecule has 0 aromatic heterocycles.